The van der Waals surface area contributed by atoms with Gasteiger partial charge < -0.3 is 14.6 Å². The number of hydrogen-bond donors (Lipinski definition) is 1. The lowest BCUT2D eigenvalue weighted by Crippen LogP contribution is -2.13. The fourth-order valence-corrected chi connectivity index (χ4v) is 2.11. The smallest absolute Gasteiger partial charge is 0.387 e. The molecule has 1 saturated carbocycles. The first-order chi connectivity index (χ1) is 9.06. The van der Waals surface area contributed by atoms with Gasteiger partial charge in [0.15, 0.2) is 11.5 Å². The Morgan fingerprint density at radius 3 is 2.53 bits per heavy atom. The molecule has 0 aromatic heterocycles. The molecular formula is C13H14F2O4. The Balaban J connectivity index is 2.21. The third-order valence-corrected chi connectivity index (χ3v) is 3.00. The number of ether oxygens (including phenoxy) is 2. The minimum absolute atomic E-state index is 0.0179. The van der Waals surface area contributed by atoms with Gasteiger partial charge in [-0.05, 0) is 43.9 Å². The number of hydrogen-bond acceptors (Lipinski definition) is 3. The molecule has 0 unspecified atom stereocenters. The van der Waals surface area contributed by atoms with Crippen molar-refractivity contribution < 1.29 is 28.2 Å². The van der Waals surface area contributed by atoms with E-state index >= 15 is 0 Å². The molecular weight excluding hydrogens is 258 g/mol. The highest BCUT2D eigenvalue weighted by atomic mass is 19.3. The lowest BCUT2D eigenvalue weighted by Gasteiger charge is -2.17. The van der Waals surface area contributed by atoms with Crippen LogP contribution in [0.3, 0.4) is 0 Å². The van der Waals surface area contributed by atoms with Gasteiger partial charge in [-0.25, -0.2) is 4.79 Å². The molecule has 1 N–H and O–H groups in total. The molecule has 0 saturated heterocycles. The summed E-state index contributed by atoms with van der Waals surface area (Å²) in [5.41, 5.74) is -0.116. The third-order valence-electron chi connectivity index (χ3n) is 3.00. The fourth-order valence-electron chi connectivity index (χ4n) is 2.11. The molecule has 0 bridgehead atoms. The van der Waals surface area contributed by atoms with Gasteiger partial charge in [0.05, 0.1) is 11.7 Å². The lowest BCUT2D eigenvalue weighted by molar-refractivity contribution is -0.0521. The first-order valence-electron chi connectivity index (χ1n) is 6.05. The molecule has 2 rings (SSSR count). The van der Waals surface area contributed by atoms with E-state index in [-0.39, 0.29) is 23.2 Å². The maximum Gasteiger partial charge on any atom is 0.387 e. The minimum Gasteiger partial charge on any atom is -0.487 e. The number of halogens is 2. The maximum absolute atomic E-state index is 12.3. The summed E-state index contributed by atoms with van der Waals surface area (Å²) >= 11 is 0. The minimum atomic E-state index is -3.02. The summed E-state index contributed by atoms with van der Waals surface area (Å²) in [6.45, 7) is -3.02. The predicted octanol–water partition coefficient (Wildman–Crippen LogP) is 3.31. The number of carboxylic acids is 1. The number of aromatic carboxylic acids is 1. The molecule has 1 aromatic rings. The van der Waals surface area contributed by atoms with Crippen LogP contribution in [0.5, 0.6) is 11.5 Å². The molecule has 0 amide bonds. The summed E-state index contributed by atoms with van der Waals surface area (Å²) in [6.07, 6.45) is 3.81. The fraction of sp³-hybridized carbons (Fsp3) is 0.462. The molecule has 0 atom stereocenters. The van der Waals surface area contributed by atoms with Crippen molar-refractivity contribution >= 4 is 5.97 Å². The quantitative estimate of drug-likeness (QED) is 0.893. The van der Waals surface area contributed by atoms with Gasteiger partial charge in [-0.15, -0.1) is 0 Å². The van der Waals surface area contributed by atoms with Crippen molar-refractivity contribution in [1.29, 1.82) is 0 Å². The first kappa shape index (κ1) is 13.6. The second-order valence-corrected chi connectivity index (χ2v) is 4.37. The molecule has 6 heteroatoms. The van der Waals surface area contributed by atoms with Crippen LogP contribution in [0.15, 0.2) is 18.2 Å². The average molecular weight is 272 g/mol. The lowest BCUT2D eigenvalue weighted by atomic mass is 10.2. The molecule has 1 aromatic carbocycles. The normalized spacial score (nSPS) is 15.7. The van der Waals surface area contributed by atoms with Crippen molar-refractivity contribution in [2.75, 3.05) is 0 Å². The van der Waals surface area contributed by atoms with Crippen molar-refractivity contribution in [3.63, 3.8) is 0 Å². The van der Waals surface area contributed by atoms with Crippen LogP contribution < -0.4 is 9.47 Å². The second-order valence-electron chi connectivity index (χ2n) is 4.37. The van der Waals surface area contributed by atoms with E-state index in [0.717, 1.165) is 31.7 Å². The summed E-state index contributed by atoms with van der Waals surface area (Å²) < 4.78 is 34.6. The average Bonchev–Trinajstić information content (AvgIpc) is 2.83. The van der Waals surface area contributed by atoms with Crippen LogP contribution in [-0.4, -0.2) is 23.8 Å². The standard InChI is InChI=1S/C13H14F2O4/c14-13(15)19-11-7-8(12(16)17)5-6-10(11)18-9-3-1-2-4-9/h5-7,9,13H,1-4H2,(H,16,17). The summed E-state index contributed by atoms with van der Waals surface area (Å²) in [5.74, 6) is -1.27. The van der Waals surface area contributed by atoms with Gasteiger partial charge in [0, 0.05) is 0 Å². The molecule has 104 valence electrons. The molecule has 0 spiro atoms. The van der Waals surface area contributed by atoms with Gasteiger partial charge in [0.25, 0.3) is 0 Å². The molecule has 1 aliphatic carbocycles. The van der Waals surface area contributed by atoms with Gasteiger partial charge in [-0.3, -0.25) is 0 Å². The Labute approximate surface area is 108 Å². The van der Waals surface area contributed by atoms with E-state index in [1.54, 1.807) is 0 Å². The molecule has 1 aliphatic rings. The number of benzene rings is 1. The number of alkyl halides is 2. The highest BCUT2D eigenvalue weighted by Gasteiger charge is 2.20. The van der Waals surface area contributed by atoms with Gasteiger partial charge >= 0.3 is 12.6 Å². The van der Waals surface area contributed by atoms with Gasteiger partial charge in [0.1, 0.15) is 0 Å². The Bertz CT molecular complexity index is 456. The molecule has 1 fully saturated rings. The van der Waals surface area contributed by atoms with Crippen molar-refractivity contribution in [1.82, 2.24) is 0 Å². The predicted molar refractivity (Wildman–Crippen MR) is 62.9 cm³/mol. The molecule has 0 radical (unpaired) electrons. The summed E-state index contributed by atoms with van der Waals surface area (Å²) in [6, 6.07) is 3.73. The van der Waals surface area contributed by atoms with E-state index in [9.17, 15) is 13.6 Å². The Morgan fingerprint density at radius 2 is 1.95 bits per heavy atom. The first-order valence-corrected chi connectivity index (χ1v) is 6.05. The van der Waals surface area contributed by atoms with Crippen LogP contribution in [0.4, 0.5) is 8.78 Å². The Kier molecular flexibility index (Phi) is 4.19. The Morgan fingerprint density at radius 1 is 1.26 bits per heavy atom. The zero-order valence-corrected chi connectivity index (χ0v) is 10.1. The maximum atomic E-state index is 12.3. The van der Waals surface area contributed by atoms with Crippen LogP contribution >= 0.6 is 0 Å². The third kappa shape index (κ3) is 3.56. The topological polar surface area (TPSA) is 55.8 Å². The monoisotopic (exact) mass is 272 g/mol. The molecule has 4 nitrogen and oxygen atoms in total. The highest BCUT2D eigenvalue weighted by Crippen LogP contribution is 2.33. The van der Waals surface area contributed by atoms with Crippen LogP contribution in [0.25, 0.3) is 0 Å². The van der Waals surface area contributed by atoms with E-state index in [0.29, 0.717) is 0 Å². The SMILES string of the molecule is O=C(O)c1ccc(OC2CCCC2)c(OC(F)F)c1. The van der Waals surface area contributed by atoms with Gasteiger partial charge in [-0.2, -0.15) is 8.78 Å². The number of carboxylic acid groups (broad SMARTS) is 1. The van der Waals surface area contributed by atoms with Crippen molar-refractivity contribution in [3.8, 4) is 11.5 Å². The molecule has 0 heterocycles. The van der Waals surface area contributed by atoms with E-state index < -0.39 is 12.6 Å². The second kappa shape index (κ2) is 5.86. The van der Waals surface area contributed by atoms with E-state index in [4.69, 9.17) is 9.84 Å². The van der Waals surface area contributed by atoms with E-state index in [1.807, 2.05) is 0 Å². The Hall–Kier alpha value is -1.85. The number of rotatable bonds is 5. The number of carbonyl (C=O) groups is 1. The van der Waals surface area contributed by atoms with E-state index in [1.165, 1.54) is 12.1 Å². The van der Waals surface area contributed by atoms with Gasteiger partial charge in [0.2, 0.25) is 0 Å². The van der Waals surface area contributed by atoms with Crippen LogP contribution in [0.1, 0.15) is 36.0 Å². The largest absolute Gasteiger partial charge is 0.487 e. The zero-order valence-electron chi connectivity index (χ0n) is 10.1. The van der Waals surface area contributed by atoms with Crippen LogP contribution in [-0.2, 0) is 0 Å². The van der Waals surface area contributed by atoms with Crippen LogP contribution in [0.2, 0.25) is 0 Å². The summed E-state index contributed by atoms with van der Waals surface area (Å²) in [5, 5.41) is 8.83. The van der Waals surface area contributed by atoms with Crippen molar-refractivity contribution in [2.45, 2.75) is 38.4 Å². The molecule has 0 aliphatic heterocycles. The van der Waals surface area contributed by atoms with Crippen molar-refractivity contribution in [2.24, 2.45) is 0 Å². The van der Waals surface area contributed by atoms with Gasteiger partial charge in [-0.1, -0.05) is 0 Å². The summed E-state index contributed by atoms with van der Waals surface area (Å²) in [4.78, 5) is 10.8. The van der Waals surface area contributed by atoms with E-state index in [2.05, 4.69) is 4.74 Å². The zero-order chi connectivity index (χ0) is 13.8. The highest BCUT2D eigenvalue weighted by molar-refractivity contribution is 5.88. The molecule has 19 heavy (non-hydrogen) atoms. The summed E-state index contributed by atoms with van der Waals surface area (Å²) in [7, 11) is 0. The van der Waals surface area contributed by atoms with Crippen LogP contribution in [0, 0.1) is 0 Å². The van der Waals surface area contributed by atoms with Crippen molar-refractivity contribution in [3.05, 3.63) is 23.8 Å².